The van der Waals surface area contributed by atoms with Crippen LogP contribution in [0.2, 0.25) is 0 Å². The zero-order valence-corrected chi connectivity index (χ0v) is 12.0. The molecule has 0 saturated carbocycles. The third kappa shape index (κ3) is 8.27. The van der Waals surface area contributed by atoms with Gasteiger partial charge in [0, 0.05) is 103 Å². The van der Waals surface area contributed by atoms with Crippen LogP contribution in [0, 0.1) is 0 Å². The van der Waals surface area contributed by atoms with E-state index >= 15 is 0 Å². The first-order chi connectivity index (χ1) is 3.55. The molecule has 0 atom stereocenters. The number of hydrogen-bond acceptors (Lipinski definition) is 3. The van der Waals surface area contributed by atoms with Crippen LogP contribution in [0.25, 0.3) is 0 Å². The maximum atomic E-state index is 9.51. The third-order valence-corrected chi connectivity index (χ3v) is 0.468. The summed E-state index contributed by atoms with van der Waals surface area (Å²) in [4.78, 5) is 19.0. The number of carboxylic acid groups (broad SMARTS) is 2. The first kappa shape index (κ1) is 18.1. The van der Waals surface area contributed by atoms with Gasteiger partial charge in [0.05, 0.1) is 0 Å². The Morgan fingerprint density at radius 1 is 1.00 bits per heavy atom. The Morgan fingerprint density at radius 3 is 1.20 bits per heavy atom. The van der Waals surface area contributed by atoms with Gasteiger partial charge in [-0.15, -0.1) is 0 Å². The van der Waals surface area contributed by atoms with Gasteiger partial charge < -0.3 is 15.3 Å². The molecule has 48 valence electrons. The van der Waals surface area contributed by atoms with Gasteiger partial charge in [0.2, 0.25) is 6.10 Å². The predicted molar refractivity (Wildman–Crippen MR) is 32.8 cm³/mol. The van der Waals surface area contributed by atoms with E-state index in [1.165, 1.54) is 0 Å². The summed E-state index contributed by atoms with van der Waals surface area (Å²) in [6.45, 7) is 0. The van der Waals surface area contributed by atoms with E-state index in [1.54, 1.807) is 0 Å². The molecule has 0 aromatic carbocycles. The molecule has 10 heavy (non-hydrogen) atoms. The van der Waals surface area contributed by atoms with Crippen molar-refractivity contribution in [1.82, 2.24) is 0 Å². The van der Waals surface area contributed by atoms with Gasteiger partial charge in [0.25, 0.3) is 0 Å². The van der Waals surface area contributed by atoms with Crippen molar-refractivity contribution >= 4 is 115 Å². The summed E-state index contributed by atoms with van der Waals surface area (Å²) in [6.07, 6.45) is -2.30. The Balaban J connectivity index is -0.000000245. The van der Waals surface area contributed by atoms with Crippen molar-refractivity contribution in [2.75, 3.05) is 0 Å². The molecule has 0 fully saturated rings. The van der Waals surface area contributed by atoms with Crippen LogP contribution < -0.4 is 0 Å². The molecule has 0 aliphatic heterocycles. The average molecular weight is 198 g/mol. The Labute approximate surface area is 142 Å². The second-order valence-corrected chi connectivity index (χ2v) is 1.08. The van der Waals surface area contributed by atoms with Crippen LogP contribution in [-0.2, 0) is 9.59 Å². The van der Waals surface area contributed by atoms with Crippen molar-refractivity contribution in [3.05, 3.63) is 0 Å². The molecule has 7 heteroatoms. The van der Waals surface area contributed by atoms with Crippen molar-refractivity contribution in [2.45, 2.75) is 6.10 Å². The summed E-state index contributed by atoms with van der Waals surface area (Å²) in [6, 6.07) is 0. The van der Waals surface area contributed by atoms with Crippen LogP contribution >= 0.6 is 0 Å². The normalized spacial score (nSPS) is 7.40. The number of hydrogen-bond donors (Lipinski definition) is 3. The number of carboxylic acids is 2. The van der Waals surface area contributed by atoms with E-state index in [4.69, 9.17) is 15.3 Å². The van der Waals surface area contributed by atoms with Gasteiger partial charge in [0.1, 0.15) is 0 Å². The van der Waals surface area contributed by atoms with Gasteiger partial charge in [-0.1, -0.05) is 0 Å². The van der Waals surface area contributed by atoms with E-state index in [-0.39, 0.29) is 103 Å². The first-order valence-electron chi connectivity index (χ1n) is 1.69. The predicted octanol–water partition coefficient (Wildman–Crippen LogP) is -2.25. The number of aliphatic carboxylic acids is 2. The van der Waals surface area contributed by atoms with Gasteiger partial charge >= 0.3 is 11.9 Å². The quantitative estimate of drug-likeness (QED) is 0.344. The molecule has 0 amide bonds. The maximum absolute atomic E-state index is 9.51. The van der Waals surface area contributed by atoms with Crippen LogP contribution in [0.5, 0.6) is 0 Å². The van der Waals surface area contributed by atoms with Crippen LogP contribution in [0.4, 0.5) is 0 Å². The molecule has 0 aliphatic rings. The Kier molecular flexibility index (Phi) is 16.7. The van der Waals surface area contributed by atoms with E-state index < -0.39 is 18.0 Å². The Bertz CT molecular complexity index is 110. The molecular formula is C3H4K2O5. The minimum atomic E-state index is -2.30. The fraction of sp³-hybridized carbons (Fsp3) is 0.333. The molecule has 5 nitrogen and oxygen atoms in total. The van der Waals surface area contributed by atoms with E-state index in [0.717, 1.165) is 0 Å². The molecule has 0 saturated heterocycles. The van der Waals surface area contributed by atoms with E-state index in [2.05, 4.69) is 0 Å². The molecule has 0 bridgehead atoms. The molecule has 0 aromatic heterocycles. The second-order valence-electron chi connectivity index (χ2n) is 1.08. The zero-order valence-electron chi connectivity index (χ0n) is 5.74. The van der Waals surface area contributed by atoms with Crippen molar-refractivity contribution in [2.24, 2.45) is 0 Å². The number of aliphatic hydroxyl groups is 1. The van der Waals surface area contributed by atoms with Crippen molar-refractivity contribution < 1.29 is 24.9 Å². The standard InChI is InChI=1S/C3H4O5.2K/c4-1(2(5)6)3(7)8;;/h1,4H,(H,5,6)(H,7,8);;. The molecule has 3 N–H and O–H groups in total. The fourth-order valence-electron chi connectivity index (χ4n) is 0.106. The number of rotatable bonds is 2. The molecule has 0 spiro atoms. The van der Waals surface area contributed by atoms with E-state index in [1.807, 2.05) is 0 Å². The van der Waals surface area contributed by atoms with Crippen molar-refractivity contribution in [3.8, 4) is 0 Å². The van der Waals surface area contributed by atoms with Gasteiger partial charge in [0.15, 0.2) is 0 Å². The van der Waals surface area contributed by atoms with Crippen LogP contribution in [0.3, 0.4) is 0 Å². The maximum Gasteiger partial charge on any atom is 0.344 e. The minimum Gasteiger partial charge on any atom is -0.479 e. The average Bonchev–Trinajstić information content (AvgIpc) is 1.64. The number of carbonyl (C=O) groups is 2. The molecule has 0 aromatic rings. The van der Waals surface area contributed by atoms with Crippen LogP contribution in [0.1, 0.15) is 0 Å². The number of aliphatic hydroxyl groups excluding tert-OH is 1. The largest absolute Gasteiger partial charge is 0.479 e. The monoisotopic (exact) mass is 198 g/mol. The van der Waals surface area contributed by atoms with Gasteiger partial charge in [-0.3, -0.25) is 0 Å². The molecule has 0 unspecified atom stereocenters. The van der Waals surface area contributed by atoms with Gasteiger partial charge in [-0.25, -0.2) is 9.59 Å². The minimum absolute atomic E-state index is 0. The SMILES string of the molecule is O=C(O)C(O)C(=O)O.[K].[K]. The summed E-state index contributed by atoms with van der Waals surface area (Å²) >= 11 is 0. The van der Waals surface area contributed by atoms with E-state index in [0.29, 0.717) is 0 Å². The van der Waals surface area contributed by atoms with Crippen molar-refractivity contribution in [3.63, 3.8) is 0 Å². The molecule has 0 heterocycles. The van der Waals surface area contributed by atoms with Gasteiger partial charge in [-0.2, -0.15) is 0 Å². The summed E-state index contributed by atoms with van der Waals surface area (Å²) in [7, 11) is 0. The smallest absolute Gasteiger partial charge is 0.344 e. The van der Waals surface area contributed by atoms with Crippen LogP contribution in [-0.4, -0.2) is 136 Å². The van der Waals surface area contributed by atoms with Gasteiger partial charge in [-0.05, 0) is 0 Å². The zero-order chi connectivity index (χ0) is 6.73. The van der Waals surface area contributed by atoms with Crippen molar-refractivity contribution in [1.29, 1.82) is 0 Å². The first-order valence-corrected chi connectivity index (χ1v) is 1.69. The second kappa shape index (κ2) is 9.26. The summed E-state index contributed by atoms with van der Waals surface area (Å²) in [5, 5.41) is 23.4. The third-order valence-electron chi connectivity index (χ3n) is 0.468. The van der Waals surface area contributed by atoms with Crippen LogP contribution in [0.15, 0.2) is 0 Å². The molecule has 0 aliphatic carbocycles. The van der Waals surface area contributed by atoms with E-state index in [9.17, 15) is 9.59 Å². The molecule has 0 rings (SSSR count). The Hall–Kier alpha value is 2.17. The Morgan fingerprint density at radius 2 is 1.20 bits per heavy atom. The summed E-state index contributed by atoms with van der Waals surface area (Å²) in [5.41, 5.74) is 0. The fourth-order valence-corrected chi connectivity index (χ4v) is 0.106. The summed E-state index contributed by atoms with van der Waals surface area (Å²) < 4.78 is 0. The molecule has 2 radical (unpaired) electrons. The molecular weight excluding hydrogens is 194 g/mol. The topological polar surface area (TPSA) is 94.8 Å². The summed E-state index contributed by atoms with van der Waals surface area (Å²) in [5.74, 6) is -3.50.